The summed E-state index contributed by atoms with van der Waals surface area (Å²) in [5.74, 6) is -0.0299. The molecule has 3 aromatic carbocycles. The molecular formula is C26H23FN4O. The van der Waals surface area contributed by atoms with Crippen LogP contribution >= 0.6 is 0 Å². The lowest BCUT2D eigenvalue weighted by Gasteiger charge is -2.15. The quantitative estimate of drug-likeness (QED) is 0.407. The first-order chi connectivity index (χ1) is 15.5. The van der Waals surface area contributed by atoms with Crippen LogP contribution in [0.2, 0.25) is 0 Å². The molecular weight excluding hydrogens is 403 g/mol. The Morgan fingerprint density at radius 1 is 0.906 bits per heavy atom. The molecule has 0 aliphatic rings. The van der Waals surface area contributed by atoms with Crippen molar-refractivity contribution in [2.45, 2.75) is 19.9 Å². The highest BCUT2D eigenvalue weighted by molar-refractivity contribution is 5.94. The summed E-state index contributed by atoms with van der Waals surface area (Å²) in [5, 5.41) is 6.12. The molecule has 1 atom stereocenters. The van der Waals surface area contributed by atoms with Gasteiger partial charge < -0.3 is 10.6 Å². The van der Waals surface area contributed by atoms with Crippen LogP contribution in [0.1, 0.15) is 34.5 Å². The summed E-state index contributed by atoms with van der Waals surface area (Å²) in [4.78, 5) is 21.2. The van der Waals surface area contributed by atoms with Crippen molar-refractivity contribution in [2.24, 2.45) is 0 Å². The molecule has 5 nitrogen and oxygen atoms in total. The first-order valence-electron chi connectivity index (χ1n) is 10.3. The van der Waals surface area contributed by atoms with E-state index < -0.39 is 0 Å². The van der Waals surface area contributed by atoms with Crippen molar-refractivity contribution in [1.29, 1.82) is 0 Å². The summed E-state index contributed by atoms with van der Waals surface area (Å²) < 4.78 is 13.4. The number of amides is 1. The Morgan fingerprint density at radius 2 is 1.59 bits per heavy atom. The minimum Gasteiger partial charge on any atom is -0.346 e. The molecule has 4 aromatic rings. The molecule has 0 radical (unpaired) electrons. The van der Waals surface area contributed by atoms with Crippen LogP contribution in [0, 0.1) is 12.7 Å². The van der Waals surface area contributed by atoms with E-state index in [0.29, 0.717) is 17.1 Å². The van der Waals surface area contributed by atoms with Gasteiger partial charge in [0.05, 0.1) is 6.04 Å². The lowest BCUT2D eigenvalue weighted by molar-refractivity contribution is 0.0940. The van der Waals surface area contributed by atoms with Gasteiger partial charge in [0.15, 0.2) is 0 Å². The van der Waals surface area contributed by atoms with E-state index in [1.807, 2.05) is 38.1 Å². The lowest BCUT2D eigenvalue weighted by atomic mass is 10.1. The SMILES string of the molecule is Cc1ccc([C@@H](C)NC(=O)c2ccc(Nc3ncc(-c4cccc(F)c4)cn3)cc2)cc1. The third-order valence-corrected chi connectivity index (χ3v) is 5.14. The molecule has 160 valence electrons. The highest BCUT2D eigenvalue weighted by Gasteiger charge is 2.11. The van der Waals surface area contributed by atoms with Crippen LogP contribution in [-0.4, -0.2) is 15.9 Å². The fourth-order valence-electron chi connectivity index (χ4n) is 3.26. The van der Waals surface area contributed by atoms with Gasteiger partial charge in [-0.3, -0.25) is 4.79 Å². The number of anilines is 2. The Morgan fingerprint density at radius 3 is 2.25 bits per heavy atom. The number of carbonyl (C=O) groups is 1. The monoisotopic (exact) mass is 426 g/mol. The molecule has 6 heteroatoms. The summed E-state index contributed by atoms with van der Waals surface area (Å²) >= 11 is 0. The molecule has 2 N–H and O–H groups in total. The summed E-state index contributed by atoms with van der Waals surface area (Å²) in [6, 6.07) is 21.4. The largest absolute Gasteiger partial charge is 0.346 e. The number of hydrogen-bond donors (Lipinski definition) is 2. The molecule has 32 heavy (non-hydrogen) atoms. The zero-order valence-corrected chi connectivity index (χ0v) is 17.8. The van der Waals surface area contributed by atoms with Gasteiger partial charge >= 0.3 is 0 Å². The van der Waals surface area contributed by atoms with E-state index in [1.165, 1.54) is 17.7 Å². The maximum atomic E-state index is 13.4. The van der Waals surface area contributed by atoms with Gasteiger partial charge in [-0.25, -0.2) is 14.4 Å². The topological polar surface area (TPSA) is 66.9 Å². The number of nitrogens with one attached hydrogen (secondary N) is 2. The van der Waals surface area contributed by atoms with Crippen molar-refractivity contribution in [3.05, 3.63) is 108 Å². The second-order valence-corrected chi connectivity index (χ2v) is 7.61. The van der Waals surface area contributed by atoms with Crippen molar-refractivity contribution in [3.63, 3.8) is 0 Å². The molecule has 0 fully saturated rings. The smallest absolute Gasteiger partial charge is 0.251 e. The molecule has 0 aliphatic heterocycles. The van der Waals surface area contributed by atoms with E-state index in [0.717, 1.165) is 16.8 Å². The minimum atomic E-state index is -0.304. The molecule has 4 rings (SSSR count). The third-order valence-electron chi connectivity index (χ3n) is 5.14. The summed E-state index contributed by atoms with van der Waals surface area (Å²) in [7, 11) is 0. The number of hydrogen-bond acceptors (Lipinski definition) is 4. The Kier molecular flexibility index (Phi) is 6.22. The van der Waals surface area contributed by atoms with Gasteiger partial charge in [0.2, 0.25) is 5.95 Å². The maximum Gasteiger partial charge on any atom is 0.251 e. The molecule has 0 unspecified atom stereocenters. The molecule has 1 amide bonds. The predicted molar refractivity (Wildman–Crippen MR) is 124 cm³/mol. The molecule has 0 bridgehead atoms. The normalized spacial score (nSPS) is 11.6. The molecule has 0 saturated heterocycles. The van der Waals surface area contributed by atoms with Gasteiger partial charge in [-0.05, 0) is 61.4 Å². The molecule has 1 aromatic heterocycles. The first kappa shape index (κ1) is 21.2. The van der Waals surface area contributed by atoms with Crippen LogP contribution in [-0.2, 0) is 0 Å². The Labute approximate surface area is 186 Å². The van der Waals surface area contributed by atoms with Crippen LogP contribution in [0.4, 0.5) is 16.0 Å². The third kappa shape index (κ3) is 5.16. The maximum absolute atomic E-state index is 13.4. The van der Waals surface area contributed by atoms with Crippen LogP contribution < -0.4 is 10.6 Å². The summed E-state index contributed by atoms with van der Waals surface area (Å²) in [6.07, 6.45) is 3.27. The van der Waals surface area contributed by atoms with Crippen LogP contribution in [0.3, 0.4) is 0 Å². The first-order valence-corrected chi connectivity index (χ1v) is 10.3. The van der Waals surface area contributed by atoms with Crippen molar-refractivity contribution < 1.29 is 9.18 Å². The number of halogens is 1. The van der Waals surface area contributed by atoms with E-state index in [9.17, 15) is 9.18 Å². The molecule has 0 saturated carbocycles. The number of nitrogens with zero attached hydrogens (tertiary/aromatic N) is 2. The fourth-order valence-corrected chi connectivity index (χ4v) is 3.26. The predicted octanol–water partition coefficient (Wildman–Crippen LogP) is 5.83. The summed E-state index contributed by atoms with van der Waals surface area (Å²) in [5.41, 5.74) is 5.00. The number of carbonyl (C=O) groups excluding carboxylic acids is 1. The van der Waals surface area contributed by atoms with Crippen molar-refractivity contribution in [1.82, 2.24) is 15.3 Å². The molecule has 0 spiro atoms. The van der Waals surface area contributed by atoms with E-state index in [1.54, 1.807) is 48.8 Å². The van der Waals surface area contributed by atoms with E-state index in [2.05, 4.69) is 20.6 Å². The standard InChI is InChI=1S/C26H23FN4O/c1-17-6-8-19(9-7-17)18(2)30-25(32)20-10-12-24(13-11-20)31-26-28-15-22(16-29-26)21-4-3-5-23(27)14-21/h3-16,18H,1-2H3,(H,30,32)(H,28,29,31)/t18-/m1/s1. The number of rotatable bonds is 6. The Hall–Kier alpha value is -4.06. The number of benzene rings is 3. The zero-order chi connectivity index (χ0) is 22.5. The highest BCUT2D eigenvalue weighted by Crippen LogP contribution is 2.21. The van der Waals surface area contributed by atoms with Crippen LogP contribution in [0.25, 0.3) is 11.1 Å². The van der Waals surface area contributed by atoms with Crippen molar-refractivity contribution in [3.8, 4) is 11.1 Å². The van der Waals surface area contributed by atoms with Gasteiger partial charge in [0.25, 0.3) is 5.91 Å². The van der Waals surface area contributed by atoms with Gasteiger partial charge in [0.1, 0.15) is 5.82 Å². The lowest BCUT2D eigenvalue weighted by Crippen LogP contribution is -2.26. The average molecular weight is 426 g/mol. The van der Waals surface area contributed by atoms with E-state index >= 15 is 0 Å². The molecule has 1 heterocycles. The molecule has 0 aliphatic carbocycles. The minimum absolute atomic E-state index is 0.0918. The number of aryl methyl sites for hydroxylation is 1. The fraction of sp³-hybridized carbons (Fsp3) is 0.115. The van der Waals surface area contributed by atoms with Gasteiger partial charge in [-0.2, -0.15) is 0 Å². The zero-order valence-electron chi connectivity index (χ0n) is 17.8. The Bertz CT molecular complexity index is 1210. The van der Waals surface area contributed by atoms with E-state index in [4.69, 9.17) is 0 Å². The summed E-state index contributed by atoms with van der Waals surface area (Å²) in [6.45, 7) is 4.00. The second-order valence-electron chi connectivity index (χ2n) is 7.61. The van der Waals surface area contributed by atoms with Crippen molar-refractivity contribution >= 4 is 17.5 Å². The van der Waals surface area contributed by atoms with E-state index in [-0.39, 0.29) is 17.8 Å². The van der Waals surface area contributed by atoms with Gasteiger partial charge in [-0.15, -0.1) is 0 Å². The number of aromatic nitrogens is 2. The highest BCUT2D eigenvalue weighted by atomic mass is 19.1. The second kappa shape index (κ2) is 9.39. The van der Waals surface area contributed by atoms with Crippen LogP contribution in [0.5, 0.6) is 0 Å². The average Bonchev–Trinajstić information content (AvgIpc) is 2.80. The van der Waals surface area contributed by atoms with Crippen LogP contribution in [0.15, 0.2) is 85.2 Å². The van der Waals surface area contributed by atoms with Gasteiger partial charge in [0, 0.05) is 29.2 Å². The van der Waals surface area contributed by atoms with Gasteiger partial charge in [-0.1, -0.05) is 42.0 Å². The van der Waals surface area contributed by atoms with Crippen molar-refractivity contribution in [2.75, 3.05) is 5.32 Å². The Balaban J connectivity index is 1.38.